The van der Waals surface area contributed by atoms with Crippen molar-refractivity contribution in [1.82, 2.24) is 0 Å². The number of anilines is 1. The van der Waals surface area contributed by atoms with Crippen LogP contribution < -0.4 is 15.2 Å². The molecule has 9 nitrogen and oxygen atoms in total. The number of methoxy groups -OCH3 is 2. The second-order valence-corrected chi connectivity index (χ2v) is 6.76. The van der Waals surface area contributed by atoms with Crippen LogP contribution >= 0.6 is 11.3 Å². The number of rotatable bonds is 9. The maximum Gasteiger partial charge on any atom is 0.348 e. The highest BCUT2D eigenvalue weighted by Gasteiger charge is 2.29. The Labute approximate surface area is 177 Å². The van der Waals surface area contributed by atoms with Crippen molar-refractivity contribution in [3.63, 3.8) is 0 Å². The molecular weight excluding hydrogens is 414 g/mol. The van der Waals surface area contributed by atoms with Crippen molar-refractivity contribution in [1.29, 1.82) is 0 Å². The molecule has 1 aromatic carbocycles. The lowest BCUT2D eigenvalue weighted by molar-refractivity contribution is 0.0434. The van der Waals surface area contributed by atoms with E-state index in [-0.39, 0.29) is 45.5 Å². The van der Waals surface area contributed by atoms with E-state index in [1.165, 1.54) is 20.3 Å². The summed E-state index contributed by atoms with van der Waals surface area (Å²) in [5, 5.41) is 0.0708. The Kier molecular flexibility index (Phi) is 8.05. The fourth-order valence-electron chi connectivity index (χ4n) is 2.67. The van der Waals surface area contributed by atoms with E-state index in [1.807, 2.05) is 0 Å². The normalized spacial score (nSPS) is 10.3. The number of nitrogens with two attached hydrogens (primary N) is 1. The van der Waals surface area contributed by atoms with Gasteiger partial charge in [0.1, 0.15) is 27.6 Å². The zero-order valence-electron chi connectivity index (χ0n) is 17.1. The van der Waals surface area contributed by atoms with Crippen molar-refractivity contribution >= 4 is 34.2 Å². The van der Waals surface area contributed by atoms with E-state index in [1.54, 1.807) is 26.0 Å². The second kappa shape index (κ2) is 10.5. The topological polar surface area (TPSA) is 123 Å². The van der Waals surface area contributed by atoms with E-state index in [0.29, 0.717) is 5.75 Å². The molecule has 2 rings (SSSR count). The van der Waals surface area contributed by atoms with Crippen LogP contribution in [-0.2, 0) is 20.8 Å². The van der Waals surface area contributed by atoms with Gasteiger partial charge in [0.05, 0.1) is 27.4 Å². The Morgan fingerprint density at radius 3 is 2.20 bits per heavy atom. The Hall–Kier alpha value is -3.27. The summed E-state index contributed by atoms with van der Waals surface area (Å²) in [6.45, 7) is 3.14. The highest BCUT2D eigenvalue weighted by Crippen LogP contribution is 2.34. The Bertz CT molecular complexity index is 937. The van der Waals surface area contributed by atoms with Gasteiger partial charge in [-0.05, 0) is 26.0 Å². The number of ether oxygens (including phenoxy) is 5. The average molecular weight is 437 g/mol. The smallest absolute Gasteiger partial charge is 0.348 e. The first-order valence-corrected chi connectivity index (χ1v) is 9.84. The van der Waals surface area contributed by atoms with Crippen LogP contribution in [-0.4, -0.2) is 45.3 Å². The predicted molar refractivity (Wildman–Crippen MR) is 109 cm³/mol. The fraction of sp³-hybridized carbons (Fsp3) is 0.350. The zero-order valence-corrected chi connectivity index (χ0v) is 17.9. The lowest BCUT2D eigenvalue weighted by atomic mass is 10.1. The minimum absolute atomic E-state index is 0.0182. The van der Waals surface area contributed by atoms with E-state index in [9.17, 15) is 14.4 Å². The molecule has 162 valence electrons. The van der Waals surface area contributed by atoms with Gasteiger partial charge in [-0.2, -0.15) is 0 Å². The summed E-state index contributed by atoms with van der Waals surface area (Å²) in [6, 6.07) is 4.74. The van der Waals surface area contributed by atoms with Crippen LogP contribution in [0.2, 0.25) is 0 Å². The molecule has 30 heavy (non-hydrogen) atoms. The third kappa shape index (κ3) is 4.82. The van der Waals surface area contributed by atoms with Gasteiger partial charge in [-0.15, -0.1) is 11.3 Å². The van der Waals surface area contributed by atoms with Crippen LogP contribution in [0.1, 0.15) is 49.8 Å². The van der Waals surface area contributed by atoms with Crippen molar-refractivity contribution in [3.05, 3.63) is 39.8 Å². The lowest BCUT2D eigenvalue weighted by Crippen LogP contribution is -2.14. The number of hydrogen-bond acceptors (Lipinski definition) is 10. The second-order valence-electron chi connectivity index (χ2n) is 5.71. The molecule has 0 unspecified atom stereocenters. The summed E-state index contributed by atoms with van der Waals surface area (Å²) in [4.78, 5) is 37.4. The standard InChI is InChI=1S/C20H23NO8S/c1-5-27-19(23)14-12(16(30-17(14)21)20(24)28-6-2)10-29-18(22)11-8-7-9-13(25-3)15(11)26-4/h7-9H,5-6,10,21H2,1-4H3. The van der Waals surface area contributed by atoms with E-state index in [2.05, 4.69) is 0 Å². The highest BCUT2D eigenvalue weighted by molar-refractivity contribution is 7.18. The van der Waals surface area contributed by atoms with Crippen LogP contribution in [0.4, 0.5) is 5.00 Å². The quantitative estimate of drug-likeness (QED) is 0.465. The van der Waals surface area contributed by atoms with E-state index in [4.69, 9.17) is 29.4 Å². The molecule has 0 aliphatic rings. The first-order valence-electron chi connectivity index (χ1n) is 9.02. The zero-order chi connectivity index (χ0) is 22.3. The fourth-order valence-corrected chi connectivity index (χ4v) is 3.63. The summed E-state index contributed by atoms with van der Waals surface area (Å²) in [5.74, 6) is -1.57. The number of benzene rings is 1. The SMILES string of the molecule is CCOC(=O)c1sc(N)c(C(=O)OCC)c1COC(=O)c1cccc(OC)c1OC. The largest absolute Gasteiger partial charge is 0.493 e. The molecular formula is C20H23NO8S. The number of nitrogen functional groups attached to an aromatic ring is 1. The number of esters is 3. The van der Waals surface area contributed by atoms with Gasteiger partial charge in [-0.1, -0.05) is 6.07 Å². The maximum atomic E-state index is 12.7. The molecule has 0 atom stereocenters. The van der Waals surface area contributed by atoms with Crippen LogP contribution in [0.25, 0.3) is 0 Å². The predicted octanol–water partition coefficient (Wildman–Crippen LogP) is 3.06. The molecule has 10 heteroatoms. The maximum absolute atomic E-state index is 12.7. The molecule has 2 aromatic rings. The Morgan fingerprint density at radius 1 is 0.933 bits per heavy atom. The molecule has 0 radical (unpaired) electrons. The molecule has 0 saturated carbocycles. The summed E-state index contributed by atoms with van der Waals surface area (Å²) >= 11 is 0.871. The highest BCUT2D eigenvalue weighted by atomic mass is 32.1. The molecule has 0 aliphatic carbocycles. The summed E-state index contributed by atoms with van der Waals surface area (Å²) in [5.41, 5.74) is 6.17. The van der Waals surface area contributed by atoms with Crippen LogP contribution in [0, 0.1) is 0 Å². The lowest BCUT2D eigenvalue weighted by Gasteiger charge is -2.13. The monoisotopic (exact) mass is 437 g/mol. The van der Waals surface area contributed by atoms with Gasteiger partial charge in [0.2, 0.25) is 0 Å². The van der Waals surface area contributed by atoms with Crippen LogP contribution in [0.3, 0.4) is 0 Å². The van der Waals surface area contributed by atoms with Crippen molar-refractivity contribution < 1.29 is 38.1 Å². The van der Waals surface area contributed by atoms with E-state index < -0.39 is 24.5 Å². The molecule has 0 amide bonds. The van der Waals surface area contributed by atoms with Gasteiger partial charge in [-0.3, -0.25) is 0 Å². The van der Waals surface area contributed by atoms with Crippen molar-refractivity contribution in [2.45, 2.75) is 20.5 Å². The van der Waals surface area contributed by atoms with Crippen molar-refractivity contribution in [2.75, 3.05) is 33.2 Å². The number of hydrogen-bond donors (Lipinski definition) is 1. The average Bonchev–Trinajstić information content (AvgIpc) is 3.07. The van der Waals surface area contributed by atoms with Crippen molar-refractivity contribution in [3.8, 4) is 11.5 Å². The van der Waals surface area contributed by atoms with Gasteiger partial charge in [0, 0.05) is 5.56 Å². The van der Waals surface area contributed by atoms with Crippen LogP contribution in [0.5, 0.6) is 11.5 Å². The summed E-state index contributed by atoms with van der Waals surface area (Å²) < 4.78 is 25.8. The molecule has 0 saturated heterocycles. The van der Waals surface area contributed by atoms with Gasteiger partial charge in [0.25, 0.3) is 0 Å². The van der Waals surface area contributed by atoms with Gasteiger partial charge in [0.15, 0.2) is 11.5 Å². The Morgan fingerprint density at radius 2 is 1.60 bits per heavy atom. The first kappa shape index (κ1) is 23.0. The minimum Gasteiger partial charge on any atom is -0.493 e. The molecule has 1 heterocycles. The molecule has 0 spiro atoms. The number of carbonyl (C=O) groups is 3. The van der Waals surface area contributed by atoms with E-state index in [0.717, 1.165) is 11.3 Å². The molecule has 0 fully saturated rings. The number of carbonyl (C=O) groups excluding carboxylic acids is 3. The van der Waals surface area contributed by atoms with Gasteiger partial charge < -0.3 is 29.4 Å². The molecule has 0 aliphatic heterocycles. The Balaban J connectivity index is 2.38. The molecule has 2 N–H and O–H groups in total. The molecule has 0 bridgehead atoms. The number of thiophene rings is 1. The third-order valence-electron chi connectivity index (χ3n) is 3.95. The summed E-state index contributed by atoms with van der Waals surface area (Å²) in [6.07, 6.45) is 0. The van der Waals surface area contributed by atoms with Crippen molar-refractivity contribution in [2.24, 2.45) is 0 Å². The third-order valence-corrected chi connectivity index (χ3v) is 4.99. The van der Waals surface area contributed by atoms with Gasteiger partial charge in [-0.25, -0.2) is 14.4 Å². The van der Waals surface area contributed by atoms with Crippen LogP contribution in [0.15, 0.2) is 18.2 Å². The van der Waals surface area contributed by atoms with E-state index >= 15 is 0 Å². The minimum atomic E-state index is -0.736. The molecule has 1 aromatic heterocycles. The summed E-state index contributed by atoms with van der Waals surface area (Å²) in [7, 11) is 2.84. The number of para-hydroxylation sites is 1. The first-order chi connectivity index (χ1) is 14.4. The van der Waals surface area contributed by atoms with Gasteiger partial charge >= 0.3 is 17.9 Å².